The molecule has 2 heterocycles. The van der Waals surface area contributed by atoms with Crippen LogP contribution >= 0.6 is 0 Å². The van der Waals surface area contributed by atoms with E-state index in [0.29, 0.717) is 0 Å². The normalized spacial score (nSPS) is 11.0. The lowest BCUT2D eigenvalue weighted by atomic mass is 10.3. The summed E-state index contributed by atoms with van der Waals surface area (Å²) >= 11 is 0. The Balaban J connectivity index is 3.02. The topological polar surface area (TPSA) is 41.8 Å². The zero-order valence-corrected chi connectivity index (χ0v) is 4.31. The first kappa shape index (κ1) is 3.78. The molecule has 0 aliphatic rings. The average Bonchev–Trinajstić information content (AvgIpc) is 2.23. The Morgan fingerprint density at radius 2 is 2.25 bits per heavy atom. The molecule has 0 saturated heterocycles. The van der Waals surface area contributed by atoms with Crippen molar-refractivity contribution in [3.05, 3.63) is 18.2 Å². The van der Waals surface area contributed by atoms with Crippen LogP contribution in [0.4, 0.5) is 5.69 Å². The van der Waals surface area contributed by atoms with Gasteiger partial charge in [0.2, 0.25) is 0 Å². The van der Waals surface area contributed by atoms with Crippen LogP contribution in [0.1, 0.15) is 0 Å². The van der Waals surface area contributed by atoms with E-state index in [2.05, 4.69) is 4.98 Å². The van der Waals surface area contributed by atoms with Gasteiger partial charge in [-0.25, -0.2) is 0 Å². The van der Waals surface area contributed by atoms with E-state index in [4.69, 9.17) is 5.73 Å². The lowest BCUT2D eigenvalue weighted by molar-refractivity contribution is 1.60. The Hall–Kier alpha value is -1.18. The van der Waals surface area contributed by atoms with Crippen molar-refractivity contribution in [2.45, 2.75) is 0 Å². The van der Waals surface area contributed by atoms with Crippen molar-refractivity contribution in [3.63, 3.8) is 0 Å². The van der Waals surface area contributed by atoms with Gasteiger partial charge in [0.1, 0.15) is 0 Å². The minimum atomic E-state index is 0.850. The second-order valence-electron chi connectivity index (χ2n) is 1.93. The summed E-state index contributed by atoms with van der Waals surface area (Å²) in [5.41, 5.74) is 8.51. The molecule has 0 amide bonds. The first-order valence-corrected chi connectivity index (χ1v) is 2.53. The van der Waals surface area contributed by atoms with Crippen molar-refractivity contribution in [1.82, 2.24) is 4.98 Å². The number of H-pyrrole nitrogens is 1. The Kier molecular flexibility index (Phi) is 0.457. The van der Waals surface area contributed by atoms with Crippen LogP contribution in [0.2, 0.25) is 0 Å². The number of aromatic nitrogens is 1. The molecule has 0 aliphatic carbocycles. The summed E-state index contributed by atoms with van der Waals surface area (Å²) in [7, 11) is 0. The summed E-state index contributed by atoms with van der Waals surface area (Å²) in [6, 6.07) is 5.91. The monoisotopic (exact) mass is 106 g/mol. The van der Waals surface area contributed by atoms with Gasteiger partial charge in [-0.2, -0.15) is 0 Å². The third kappa shape index (κ3) is 0.281. The zero-order valence-electron chi connectivity index (χ0n) is 4.31. The predicted molar refractivity (Wildman–Crippen MR) is 33.9 cm³/mol. The summed E-state index contributed by atoms with van der Waals surface area (Å²) in [6.45, 7) is 0. The average molecular weight is 106 g/mol. The number of nitrogens with one attached hydrogen (secondary N) is 1. The standard InChI is InChI=1S/C6H6N2/c7-5-3-4-1-2-6(5)8-4/h1-3,8H,7H2. The molecule has 0 radical (unpaired) electrons. The molecule has 0 atom stereocenters. The highest BCUT2D eigenvalue weighted by molar-refractivity contribution is 5.81. The van der Waals surface area contributed by atoms with Gasteiger partial charge in [-0.1, -0.05) is 0 Å². The van der Waals surface area contributed by atoms with Crippen LogP contribution in [-0.4, -0.2) is 4.98 Å². The summed E-state index contributed by atoms with van der Waals surface area (Å²) in [5, 5.41) is 0. The van der Waals surface area contributed by atoms with Gasteiger partial charge in [0.15, 0.2) is 0 Å². The molecule has 2 aromatic heterocycles. The summed E-state index contributed by atoms with van der Waals surface area (Å²) in [6.07, 6.45) is 0. The third-order valence-corrected chi connectivity index (χ3v) is 1.33. The van der Waals surface area contributed by atoms with E-state index in [9.17, 15) is 0 Å². The fourth-order valence-electron chi connectivity index (χ4n) is 0.910. The fraction of sp³-hybridized carbons (Fsp3) is 0. The number of hydrogen-bond acceptors (Lipinski definition) is 1. The van der Waals surface area contributed by atoms with Crippen molar-refractivity contribution in [2.24, 2.45) is 0 Å². The summed E-state index contributed by atoms with van der Waals surface area (Å²) < 4.78 is 0. The Bertz CT molecular complexity index is 284. The maximum Gasteiger partial charge on any atom is 0.0619 e. The maximum absolute atomic E-state index is 5.51. The van der Waals surface area contributed by atoms with Crippen LogP contribution in [0.3, 0.4) is 0 Å². The van der Waals surface area contributed by atoms with Crippen LogP contribution in [0.15, 0.2) is 18.2 Å². The molecular formula is C6H6N2. The second kappa shape index (κ2) is 0.968. The van der Waals surface area contributed by atoms with Crippen LogP contribution in [0.5, 0.6) is 0 Å². The van der Waals surface area contributed by atoms with E-state index in [1.54, 1.807) is 0 Å². The van der Waals surface area contributed by atoms with Crippen molar-refractivity contribution < 1.29 is 0 Å². The second-order valence-corrected chi connectivity index (χ2v) is 1.93. The van der Waals surface area contributed by atoms with Gasteiger partial charge in [-0.05, 0) is 18.2 Å². The predicted octanol–water partition coefficient (Wildman–Crippen LogP) is 1.19. The number of nitrogens with two attached hydrogens (primary N) is 1. The van der Waals surface area contributed by atoms with E-state index in [-0.39, 0.29) is 0 Å². The molecule has 0 fully saturated rings. The lowest BCUT2D eigenvalue weighted by Gasteiger charge is -1.80. The SMILES string of the molecule is Nc1cc2ccc1[nH]2. The van der Waals surface area contributed by atoms with Crippen molar-refractivity contribution in [3.8, 4) is 0 Å². The van der Waals surface area contributed by atoms with Crippen LogP contribution < -0.4 is 5.73 Å². The van der Waals surface area contributed by atoms with E-state index >= 15 is 0 Å². The van der Waals surface area contributed by atoms with Crippen molar-refractivity contribution in [2.75, 3.05) is 5.73 Å². The molecule has 2 aromatic rings. The molecule has 3 N–H and O–H groups in total. The van der Waals surface area contributed by atoms with E-state index in [0.717, 1.165) is 16.7 Å². The number of anilines is 1. The van der Waals surface area contributed by atoms with Gasteiger partial charge < -0.3 is 10.7 Å². The molecule has 2 rings (SSSR count). The van der Waals surface area contributed by atoms with Gasteiger partial charge in [0.05, 0.1) is 11.2 Å². The molecule has 0 spiro atoms. The number of rotatable bonds is 0. The van der Waals surface area contributed by atoms with E-state index < -0.39 is 0 Å². The van der Waals surface area contributed by atoms with Crippen LogP contribution in [-0.2, 0) is 0 Å². The lowest BCUT2D eigenvalue weighted by Crippen LogP contribution is -1.78. The Morgan fingerprint density at radius 3 is 2.50 bits per heavy atom. The number of fused-ring (bicyclic) bond motifs is 2. The fourth-order valence-corrected chi connectivity index (χ4v) is 0.910. The largest absolute Gasteiger partial charge is 0.397 e. The minimum Gasteiger partial charge on any atom is -0.397 e. The van der Waals surface area contributed by atoms with Gasteiger partial charge in [-0.15, -0.1) is 0 Å². The number of benzene rings is 1. The highest BCUT2D eigenvalue weighted by Crippen LogP contribution is 2.18. The molecule has 0 aliphatic heterocycles. The molecular weight excluding hydrogens is 100 g/mol. The molecule has 8 heavy (non-hydrogen) atoms. The summed E-state index contributed by atoms with van der Waals surface area (Å²) in [4.78, 5) is 3.08. The minimum absolute atomic E-state index is 0.850. The molecule has 2 bridgehead atoms. The molecule has 0 aromatic carbocycles. The van der Waals surface area contributed by atoms with Crippen molar-refractivity contribution in [1.29, 1.82) is 0 Å². The first-order chi connectivity index (χ1) is 3.86. The third-order valence-electron chi connectivity index (χ3n) is 1.33. The number of nitrogen functional groups attached to an aromatic ring is 1. The number of hydrogen-bond donors (Lipinski definition) is 2. The quantitative estimate of drug-likeness (QED) is 0.486. The van der Waals surface area contributed by atoms with Gasteiger partial charge in [0, 0.05) is 5.52 Å². The molecule has 0 unspecified atom stereocenters. The Labute approximate surface area is 46.6 Å². The van der Waals surface area contributed by atoms with Crippen molar-refractivity contribution >= 4 is 16.7 Å². The maximum atomic E-state index is 5.51. The molecule has 0 saturated carbocycles. The number of aromatic amines is 1. The van der Waals surface area contributed by atoms with E-state index in [1.807, 2.05) is 18.2 Å². The zero-order chi connectivity index (χ0) is 5.56. The highest BCUT2D eigenvalue weighted by atomic mass is 14.8. The first-order valence-electron chi connectivity index (χ1n) is 2.53. The van der Waals surface area contributed by atoms with Gasteiger partial charge >= 0.3 is 0 Å². The molecule has 40 valence electrons. The van der Waals surface area contributed by atoms with Gasteiger partial charge in [0.25, 0.3) is 0 Å². The van der Waals surface area contributed by atoms with Crippen LogP contribution in [0.25, 0.3) is 11.0 Å². The summed E-state index contributed by atoms with van der Waals surface area (Å²) in [5.74, 6) is 0. The smallest absolute Gasteiger partial charge is 0.0619 e. The van der Waals surface area contributed by atoms with Crippen LogP contribution in [0, 0.1) is 0 Å². The molecule has 2 nitrogen and oxygen atoms in total. The highest BCUT2D eigenvalue weighted by Gasteiger charge is 1.96. The molecule has 2 heteroatoms. The van der Waals surface area contributed by atoms with Gasteiger partial charge in [-0.3, -0.25) is 0 Å². The van der Waals surface area contributed by atoms with E-state index in [1.165, 1.54) is 0 Å². The Morgan fingerprint density at radius 1 is 1.38 bits per heavy atom.